The molecule has 0 unspecified atom stereocenters. The second kappa shape index (κ2) is 8.09. The van der Waals surface area contributed by atoms with E-state index in [0.29, 0.717) is 17.6 Å². The number of aryl methyl sites for hydroxylation is 1. The van der Waals surface area contributed by atoms with Crippen LogP contribution in [0.4, 0.5) is 0 Å². The molecule has 1 N–H and O–H groups in total. The van der Waals surface area contributed by atoms with E-state index in [9.17, 15) is 9.32 Å². The molecule has 2 nitrogen and oxygen atoms in total. The highest BCUT2D eigenvalue weighted by atomic mass is 32.2. The summed E-state index contributed by atoms with van der Waals surface area (Å²) < 4.78 is 12.3. The molecule has 0 aromatic heterocycles. The SMILES string of the molecule is CCCCCC[C@@H]1C[C@@H]1[C@@H](O)C[S@](=O)c1ccc(C)cc1. The highest BCUT2D eigenvalue weighted by molar-refractivity contribution is 7.85. The van der Waals surface area contributed by atoms with E-state index in [1.807, 2.05) is 31.2 Å². The fourth-order valence-corrected chi connectivity index (χ4v) is 4.16. The van der Waals surface area contributed by atoms with Crippen molar-refractivity contribution >= 4 is 10.8 Å². The van der Waals surface area contributed by atoms with Crippen LogP contribution in [0.25, 0.3) is 0 Å². The first-order valence-electron chi connectivity index (χ1n) is 8.25. The Morgan fingerprint density at radius 3 is 2.62 bits per heavy atom. The van der Waals surface area contributed by atoms with Crippen molar-refractivity contribution in [1.82, 2.24) is 0 Å². The summed E-state index contributed by atoms with van der Waals surface area (Å²) in [6.07, 6.45) is 7.14. The van der Waals surface area contributed by atoms with Crippen LogP contribution in [0.1, 0.15) is 51.0 Å². The van der Waals surface area contributed by atoms with Gasteiger partial charge in [-0.3, -0.25) is 4.21 Å². The van der Waals surface area contributed by atoms with Crippen molar-refractivity contribution in [2.45, 2.75) is 63.4 Å². The summed E-state index contributed by atoms with van der Waals surface area (Å²) in [5.41, 5.74) is 1.17. The normalized spacial score (nSPS) is 23.8. The molecule has 0 amide bonds. The largest absolute Gasteiger partial charge is 0.392 e. The van der Waals surface area contributed by atoms with Crippen LogP contribution < -0.4 is 0 Å². The maximum absolute atomic E-state index is 12.3. The van der Waals surface area contributed by atoms with Gasteiger partial charge in [-0.1, -0.05) is 56.7 Å². The second-order valence-electron chi connectivity index (χ2n) is 6.40. The predicted octanol–water partition coefficient (Wildman–Crippen LogP) is 4.07. The Hall–Kier alpha value is -0.670. The van der Waals surface area contributed by atoms with Gasteiger partial charge in [0, 0.05) is 4.90 Å². The molecule has 0 aliphatic heterocycles. The summed E-state index contributed by atoms with van der Waals surface area (Å²) in [4.78, 5) is 0.833. The zero-order chi connectivity index (χ0) is 15.2. The maximum atomic E-state index is 12.3. The van der Waals surface area contributed by atoms with E-state index < -0.39 is 16.9 Å². The third-order valence-electron chi connectivity index (χ3n) is 4.51. The number of hydrogen-bond donors (Lipinski definition) is 1. The van der Waals surface area contributed by atoms with Gasteiger partial charge in [-0.2, -0.15) is 0 Å². The van der Waals surface area contributed by atoms with Gasteiger partial charge in [0.1, 0.15) is 0 Å². The van der Waals surface area contributed by atoms with Crippen LogP contribution in [0.2, 0.25) is 0 Å². The first-order chi connectivity index (χ1) is 10.1. The molecule has 0 bridgehead atoms. The topological polar surface area (TPSA) is 37.3 Å². The molecule has 0 saturated heterocycles. The van der Waals surface area contributed by atoms with Crippen molar-refractivity contribution in [2.75, 3.05) is 5.75 Å². The number of unbranched alkanes of at least 4 members (excludes halogenated alkanes) is 3. The standard InChI is InChI=1S/C18H28O2S/c1-3-4-5-6-7-15-12-17(15)18(19)13-21(20)16-10-8-14(2)9-11-16/h8-11,15,17-19H,3-7,12-13H2,1-2H3/t15-,17+,18+,21+/m1/s1. The van der Waals surface area contributed by atoms with Gasteiger partial charge in [0.2, 0.25) is 0 Å². The molecule has 1 aliphatic rings. The van der Waals surface area contributed by atoms with Crippen LogP contribution in [0.5, 0.6) is 0 Å². The van der Waals surface area contributed by atoms with Gasteiger partial charge in [0.05, 0.1) is 22.7 Å². The molecule has 1 aromatic rings. The van der Waals surface area contributed by atoms with Gasteiger partial charge < -0.3 is 5.11 Å². The van der Waals surface area contributed by atoms with Crippen LogP contribution in [0.15, 0.2) is 29.2 Å². The lowest BCUT2D eigenvalue weighted by molar-refractivity contribution is 0.167. The van der Waals surface area contributed by atoms with Crippen LogP contribution >= 0.6 is 0 Å². The van der Waals surface area contributed by atoms with Crippen molar-refractivity contribution < 1.29 is 9.32 Å². The summed E-state index contributed by atoms with van der Waals surface area (Å²) in [6, 6.07) is 7.78. The highest BCUT2D eigenvalue weighted by Gasteiger charge is 2.41. The number of hydrogen-bond acceptors (Lipinski definition) is 2. The molecule has 0 radical (unpaired) electrons. The third kappa shape index (κ3) is 5.23. The molecule has 1 aromatic carbocycles. The van der Waals surface area contributed by atoms with Crippen molar-refractivity contribution in [2.24, 2.45) is 11.8 Å². The molecular weight excluding hydrogens is 280 g/mol. The van der Waals surface area contributed by atoms with Crippen LogP contribution in [0, 0.1) is 18.8 Å². The summed E-state index contributed by atoms with van der Waals surface area (Å²) in [7, 11) is -1.08. The Balaban J connectivity index is 1.71. The molecule has 3 heteroatoms. The molecule has 0 spiro atoms. The van der Waals surface area contributed by atoms with Crippen molar-refractivity contribution in [1.29, 1.82) is 0 Å². The van der Waals surface area contributed by atoms with E-state index in [2.05, 4.69) is 6.92 Å². The van der Waals surface area contributed by atoms with E-state index in [1.165, 1.54) is 37.7 Å². The zero-order valence-corrected chi connectivity index (χ0v) is 14.1. The number of aliphatic hydroxyl groups is 1. The van der Waals surface area contributed by atoms with Crippen molar-refractivity contribution in [3.63, 3.8) is 0 Å². The third-order valence-corrected chi connectivity index (χ3v) is 5.95. The molecule has 0 heterocycles. The molecule has 1 saturated carbocycles. The lowest BCUT2D eigenvalue weighted by atomic mass is 10.1. The van der Waals surface area contributed by atoms with Crippen molar-refractivity contribution in [3.05, 3.63) is 29.8 Å². The van der Waals surface area contributed by atoms with Gasteiger partial charge in [-0.15, -0.1) is 0 Å². The number of aliphatic hydroxyl groups excluding tert-OH is 1. The minimum atomic E-state index is -1.08. The van der Waals surface area contributed by atoms with Crippen LogP contribution in [-0.4, -0.2) is 21.2 Å². The number of rotatable bonds is 9. The lowest BCUT2D eigenvalue weighted by Gasteiger charge is -2.10. The lowest BCUT2D eigenvalue weighted by Crippen LogP contribution is -2.20. The molecule has 1 aliphatic carbocycles. The monoisotopic (exact) mass is 308 g/mol. The highest BCUT2D eigenvalue weighted by Crippen LogP contribution is 2.45. The molecular formula is C18H28O2S. The fourth-order valence-electron chi connectivity index (χ4n) is 2.97. The van der Waals surface area contributed by atoms with E-state index >= 15 is 0 Å². The smallest absolute Gasteiger partial charge is 0.0689 e. The van der Waals surface area contributed by atoms with Gasteiger partial charge in [-0.05, 0) is 37.3 Å². The summed E-state index contributed by atoms with van der Waals surface area (Å²) in [6.45, 7) is 4.25. The van der Waals surface area contributed by atoms with Gasteiger partial charge >= 0.3 is 0 Å². The average Bonchev–Trinajstić information content (AvgIpc) is 3.24. The quantitative estimate of drug-likeness (QED) is 0.698. The minimum absolute atomic E-state index is 0.388. The Morgan fingerprint density at radius 2 is 1.95 bits per heavy atom. The Morgan fingerprint density at radius 1 is 1.24 bits per heavy atom. The molecule has 2 rings (SSSR count). The van der Waals surface area contributed by atoms with Gasteiger partial charge in [0.25, 0.3) is 0 Å². The van der Waals surface area contributed by atoms with E-state index in [-0.39, 0.29) is 0 Å². The zero-order valence-electron chi connectivity index (χ0n) is 13.3. The molecule has 1 fully saturated rings. The fraction of sp³-hybridized carbons (Fsp3) is 0.667. The first kappa shape index (κ1) is 16.7. The van der Waals surface area contributed by atoms with Crippen LogP contribution in [0.3, 0.4) is 0 Å². The van der Waals surface area contributed by atoms with E-state index in [4.69, 9.17) is 0 Å². The summed E-state index contributed by atoms with van der Waals surface area (Å²) in [5, 5.41) is 10.3. The molecule has 118 valence electrons. The van der Waals surface area contributed by atoms with E-state index in [0.717, 1.165) is 11.3 Å². The second-order valence-corrected chi connectivity index (χ2v) is 7.90. The first-order valence-corrected chi connectivity index (χ1v) is 9.56. The summed E-state index contributed by atoms with van der Waals surface area (Å²) in [5.74, 6) is 1.45. The molecule has 21 heavy (non-hydrogen) atoms. The number of benzene rings is 1. The van der Waals surface area contributed by atoms with Crippen LogP contribution in [-0.2, 0) is 10.8 Å². The Labute approximate surface area is 131 Å². The maximum Gasteiger partial charge on any atom is 0.0689 e. The predicted molar refractivity (Wildman–Crippen MR) is 88.8 cm³/mol. The van der Waals surface area contributed by atoms with Gasteiger partial charge in [0.15, 0.2) is 0 Å². The molecule has 4 atom stereocenters. The minimum Gasteiger partial charge on any atom is -0.392 e. The Kier molecular flexibility index (Phi) is 6.43. The van der Waals surface area contributed by atoms with Gasteiger partial charge in [-0.25, -0.2) is 0 Å². The summed E-state index contributed by atoms with van der Waals surface area (Å²) >= 11 is 0. The average molecular weight is 308 g/mol. The van der Waals surface area contributed by atoms with Crippen molar-refractivity contribution in [3.8, 4) is 0 Å². The Bertz CT molecular complexity index is 455. The van der Waals surface area contributed by atoms with E-state index in [1.54, 1.807) is 0 Å².